The Morgan fingerprint density at radius 3 is 1.79 bits per heavy atom. The summed E-state index contributed by atoms with van der Waals surface area (Å²) in [6.45, 7) is 13.3. The van der Waals surface area contributed by atoms with Crippen molar-refractivity contribution < 1.29 is 126 Å². The van der Waals surface area contributed by atoms with Gasteiger partial charge >= 0.3 is 11.9 Å². The third kappa shape index (κ3) is 13.8. The summed E-state index contributed by atoms with van der Waals surface area (Å²) in [7, 11) is 2.64. The minimum absolute atomic E-state index is 0.0246. The van der Waals surface area contributed by atoms with Crippen LogP contribution in [0.4, 0.5) is 0 Å². The molecule has 25 atom stereocenters. The van der Waals surface area contributed by atoms with Crippen molar-refractivity contribution in [1.82, 2.24) is 0 Å². The highest BCUT2D eigenvalue weighted by Gasteiger charge is 2.52. The first kappa shape index (κ1) is 63.7. The van der Waals surface area contributed by atoms with Crippen LogP contribution in [-0.2, 0) is 82.4 Å². The SMILES string of the molecule is COC(C(=O)C(O)C(C)O)C1Cc2cc3cc(OC4CC(OC5CC(O)C(OC)C(C)O5)C(OC(C)=O)C(C)O4)cc(O)c3c(O)c2C(=O)C1OC1CC(OC2CC(OC3CC(C)(O)C(OC(C)=O)C(C)O3)C(O)C(C)O2)C(O)C(C)O1. The van der Waals surface area contributed by atoms with Crippen molar-refractivity contribution in [3.8, 4) is 17.2 Å². The predicted octanol–water partition coefficient (Wildman–Crippen LogP) is 1.24. The number of aromatic hydroxyl groups is 2. The monoisotopic (exact) mass is 1170 g/mol. The molecule has 25 unspecified atom stereocenters. The molecule has 5 aliphatic heterocycles. The molecule has 0 aromatic heterocycles. The Balaban J connectivity index is 1.02. The van der Waals surface area contributed by atoms with E-state index in [1.54, 1.807) is 27.7 Å². The number of hydrogen-bond donors (Lipinski definition) is 8. The molecule has 6 aliphatic rings. The molecule has 460 valence electrons. The first-order valence-electron chi connectivity index (χ1n) is 27.8. The van der Waals surface area contributed by atoms with Crippen LogP contribution in [0.2, 0.25) is 0 Å². The lowest BCUT2D eigenvalue weighted by molar-refractivity contribution is -0.334. The van der Waals surface area contributed by atoms with Crippen LogP contribution in [0.3, 0.4) is 0 Å². The van der Waals surface area contributed by atoms with Gasteiger partial charge in [0.15, 0.2) is 48.9 Å². The van der Waals surface area contributed by atoms with Crippen molar-refractivity contribution in [2.45, 2.75) is 248 Å². The summed E-state index contributed by atoms with van der Waals surface area (Å²) < 4.78 is 83.9. The van der Waals surface area contributed by atoms with Crippen LogP contribution in [-0.4, -0.2) is 225 Å². The zero-order valence-corrected chi connectivity index (χ0v) is 47.8. The summed E-state index contributed by atoms with van der Waals surface area (Å²) in [5.74, 6) is -5.43. The molecule has 2 aromatic carbocycles. The van der Waals surface area contributed by atoms with Gasteiger partial charge in [0.2, 0.25) is 6.29 Å². The van der Waals surface area contributed by atoms with Gasteiger partial charge in [-0.3, -0.25) is 19.2 Å². The van der Waals surface area contributed by atoms with Gasteiger partial charge in [-0.2, -0.15) is 0 Å². The largest absolute Gasteiger partial charge is 0.507 e. The van der Waals surface area contributed by atoms with Gasteiger partial charge in [0, 0.05) is 72.2 Å². The molecule has 8 N–H and O–H groups in total. The van der Waals surface area contributed by atoms with Gasteiger partial charge in [-0.25, -0.2) is 0 Å². The Labute approximate surface area is 473 Å². The number of phenols is 2. The lowest BCUT2D eigenvalue weighted by Gasteiger charge is -2.46. The average Bonchev–Trinajstić information content (AvgIpc) is 2.39. The van der Waals surface area contributed by atoms with Gasteiger partial charge in [-0.05, 0) is 78.0 Å². The van der Waals surface area contributed by atoms with Gasteiger partial charge in [0.25, 0.3) is 0 Å². The van der Waals surface area contributed by atoms with E-state index in [9.17, 15) is 55.2 Å². The Hall–Kier alpha value is -4.30. The fraction of sp³-hybridized carbons (Fsp3) is 0.750. The first-order valence-corrected chi connectivity index (χ1v) is 27.8. The molecule has 0 amide bonds. The number of carbonyl (C=O) groups excluding carboxylic acids is 4. The Morgan fingerprint density at radius 1 is 0.683 bits per heavy atom. The molecule has 5 fully saturated rings. The molecule has 26 heteroatoms. The van der Waals surface area contributed by atoms with Crippen molar-refractivity contribution in [2.24, 2.45) is 5.92 Å². The molecular weight excluding hydrogens is 1090 g/mol. The Bertz CT molecular complexity index is 2570. The number of ketones is 2. The number of aliphatic hydroxyl groups excluding tert-OH is 5. The minimum Gasteiger partial charge on any atom is -0.507 e. The predicted molar refractivity (Wildman–Crippen MR) is 278 cm³/mol. The van der Waals surface area contributed by atoms with E-state index in [1.165, 1.54) is 67.0 Å². The molecular formula is C56H80O26. The van der Waals surface area contributed by atoms with Crippen molar-refractivity contribution in [3.63, 3.8) is 0 Å². The smallest absolute Gasteiger partial charge is 0.303 e. The van der Waals surface area contributed by atoms with Crippen LogP contribution in [0.15, 0.2) is 18.2 Å². The van der Waals surface area contributed by atoms with E-state index in [4.69, 9.17) is 66.3 Å². The molecule has 1 aliphatic carbocycles. The Morgan fingerprint density at radius 2 is 1.22 bits per heavy atom. The fourth-order valence-electron chi connectivity index (χ4n) is 12.3. The maximum absolute atomic E-state index is 15.1. The third-order valence-corrected chi connectivity index (χ3v) is 16.2. The zero-order chi connectivity index (χ0) is 60.0. The topological polar surface area (TPSA) is 359 Å². The fourth-order valence-corrected chi connectivity index (χ4v) is 12.3. The normalized spacial score (nSPS) is 40.1. The van der Waals surface area contributed by atoms with Crippen LogP contribution in [0.25, 0.3) is 10.8 Å². The highest BCUT2D eigenvalue weighted by atomic mass is 16.7. The van der Waals surface area contributed by atoms with E-state index in [0.29, 0.717) is 0 Å². The van der Waals surface area contributed by atoms with Gasteiger partial charge in [0.1, 0.15) is 65.6 Å². The first-order chi connectivity index (χ1) is 38.6. The highest BCUT2D eigenvalue weighted by Crippen LogP contribution is 2.46. The summed E-state index contributed by atoms with van der Waals surface area (Å²) in [4.78, 5) is 53.0. The second-order valence-corrected chi connectivity index (χ2v) is 22.7. The van der Waals surface area contributed by atoms with Gasteiger partial charge in [0.05, 0.1) is 65.9 Å². The summed E-state index contributed by atoms with van der Waals surface area (Å²) in [5.41, 5.74) is -1.65. The van der Waals surface area contributed by atoms with Gasteiger partial charge in [-0.15, -0.1) is 0 Å². The number of carbonyl (C=O) groups is 4. The Kier molecular flexibility index (Phi) is 20.3. The summed E-state index contributed by atoms with van der Waals surface area (Å²) in [6, 6.07) is 4.19. The summed E-state index contributed by atoms with van der Waals surface area (Å²) in [5, 5.41) is 89.5. The van der Waals surface area contributed by atoms with E-state index >= 15 is 4.79 Å². The number of aliphatic hydroxyl groups is 6. The number of phenolic OH excluding ortho intramolecular Hbond substituents is 2. The van der Waals surface area contributed by atoms with Crippen LogP contribution < -0.4 is 4.74 Å². The molecule has 0 saturated carbocycles. The van der Waals surface area contributed by atoms with E-state index < -0.39 is 188 Å². The summed E-state index contributed by atoms with van der Waals surface area (Å²) in [6.07, 6.45) is -25.8. The van der Waals surface area contributed by atoms with Crippen molar-refractivity contribution >= 4 is 34.3 Å². The van der Waals surface area contributed by atoms with Gasteiger partial charge in [-0.1, -0.05) is 0 Å². The molecule has 8 rings (SSSR count). The quantitative estimate of drug-likeness (QED) is 0.0973. The van der Waals surface area contributed by atoms with Crippen molar-refractivity contribution in [1.29, 1.82) is 0 Å². The van der Waals surface area contributed by atoms with E-state index in [0.717, 1.165) is 0 Å². The van der Waals surface area contributed by atoms with Crippen LogP contribution >= 0.6 is 0 Å². The maximum Gasteiger partial charge on any atom is 0.303 e. The van der Waals surface area contributed by atoms with E-state index in [-0.39, 0.29) is 66.2 Å². The lowest BCUT2D eigenvalue weighted by atomic mass is 9.75. The molecule has 5 heterocycles. The maximum atomic E-state index is 15.1. The molecule has 0 spiro atoms. The van der Waals surface area contributed by atoms with Crippen molar-refractivity contribution in [2.75, 3.05) is 14.2 Å². The van der Waals surface area contributed by atoms with Crippen LogP contribution in [0.1, 0.15) is 110 Å². The number of fused-ring (bicyclic) bond motifs is 2. The standard InChI is InChI=1S/C56H80O26/c1-21(57)45(62)50(67)53(70-11)32-14-30-12-29-13-31(78-39-19-37(52(25(5)74-39)76-27(7)58)81-38-16-34(61)51(69-10)24(4)73-38)15-33(60)43(29)48(65)44(30)49(66)54(32)82-41-18-35(46(63)23(3)72-41)79-40-17-36(47(64)22(2)71-40)80-42-20-56(9,68)55(26(6)75-42)77-28(8)59/h12-13,15,21-26,32,34-42,45-47,51-55,57,60-65,68H,14,16-20H2,1-11H3. The van der Waals surface area contributed by atoms with E-state index in [2.05, 4.69) is 0 Å². The molecule has 0 bridgehead atoms. The zero-order valence-electron chi connectivity index (χ0n) is 47.8. The number of ether oxygens (including phenoxy) is 14. The minimum atomic E-state index is -1.96. The van der Waals surface area contributed by atoms with E-state index in [1.807, 2.05) is 0 Å². The molecule has 26 nitrogen and oxygen atoms in total. The number of esters is 2. The number of Topliss-reactive ketones (excluding diaryl/α,β-unsaturated/α-hetero) is 2. The highest BCUT2D eigenvalue weighted by molar-refractivity contribution is 6.11. The van der Waals surface area contributed by atoms with Crippen molar-refractivity contribution in [3.05, 3.63) is 29.3 Å². The molecule has 82 heavy (non-hydrogen) atoms. The number of hydrogen-bond acceptors (Lipinski definition) is 26. The third-order valence-electron chi connectivity index (χ3n) is 16.2. The molecule has 0 radical (unpaired) electrons. The second-order valence-electron chi connectivity index (χ2n) is 22.7. The second kappa shape index (κ2) is 26.1. The number of benzene rings is 2. The average molecular weight is 1170 g/mol. The molecule has 2 aromatic rings. The number of methoxy groups -OCH3 is 2. The summed E-state index contributed by atoms with van der Waals surface area (Å²) >= 11 is 0. The van der Waals surface area contributed by atoms with Crippen LogP contribution in [0.5, 0.6) is 17.2 Å². The van der Waals surface area contributed by atoms with Crippen LogP contribution in [0, 0.1) is 5.92 Å². The van der Waals surface area contributed by atoms with Gasteiger partial charge < -0.3 is 107 Å². The lowest BCUT2D eigenvalue weighted by Crippen LogP contribution is -2.59. The number of rotatable bonds is 18. The molecule has 5 saturated heterocycles.